The number of hydrogen-bond acceptors (Lipinski definition) is 5. The van der Waals surface area contributed by atoms with E-state index in [-0.39, 0.29) is 33.2 Å². The number of likely N-dealkylation sites (tertiary alicyclic amines) is 1. The van der Waals surface area contributed by atoms with Crippen molar-refractivity contribution in [3.63, 3.8) is 0 Å². The van der Waals surface area contributed by atoms with Crippen LogP contribution in [-0.4, -0.2) is 53.2 Å². The van der Waals surface area contributed by atoms with Gasteiger partial charge in [-0.15, -0.1) is 11.3 Å². The number of fused-ring (bicyclic) bond motifs is 1. The highest BCUT2D eigenvalue weighted by molar-refractivity contribution is 7.17. The molecule has 2 aromatic heterocycles. The van der Waals surface area contributed by atoms with Gasteiger partial charge >= 0.3 is 12.3 Å². The molecule has 1 aliphatic carbocycles. The number of ether oxygens (including phenoxy) is 1. The summed E-state index contributed by atoms with van der Waals surface area (Å²) in [5.41, 5.74) is -1.02. The minimum absolute atomic E-state index is 0.0360. The van der Waals surface area contributed by atoms with Gasteiger partial charge in [-0.3, -0.25) is 4.79 Å². The van der Waals surface area contributed by atoms with Crippen molar-refractivity contribution in [3.05, 3.63) is 22.6 Å². The van der Waals surface area contributed by atoms with Crippen molar-refractivity contribution in [2.24, 2.45) is 5.41 Å². The first-order valence-corrected chi connectivity index (χ1v) is 9.86. The van der Waals surface area contributed by atoms with Gasteiger partial charge in [-0.05, 0) is 24.7 Å². The Morgan fingerprint density at radius 1 is 1.41 bits per heavy atom. The van der Waals surface area contributed by atoms with E-state index in [1.807, 2.05) is 0 Å². The number of carbonyl (C=O) groups is 2. The van der Waals surface area contributed by atoms with Crippen LogP contribution >= 0.6 is 11.3 Å². The van der Waals surface area contributed by atoms with Gasteiger partial charge in [0.15, 0.2) is 0 Å². The van der Waals surface area contributed by atoms with Gasteiger partial charge in [-0.1, -0.05) is 0 Å². The van der Waals surface area contributed by atoms with Crippen molar-refractivity contribution in [1.29, 1.82) is 0 Å². The molecule has 29 heavy (non-hydrogen) atoms. The monoisotopic (exact) mass is 429 g/mol. The average molecular weight is 429 g/mol. The van der Waals surface area contributed by atoms with Crippen LogP contribution in [0.2, 0.25) is 0 Å². The lowest BCUT2D eigenvalue weighted by Crippen LogP contribution is -2.46. The molecule has 0 radical (unpaired) electrons. The van der Waals surface area contributed by atoms with Crippen molar-refractivity contribution < 1.29 is 32.6 Å². The number of amides is 2. The minimum Gasteiger partial charge on any atom is -0.474 e. The lowest BCUT2D eigenvalue weighted by molar-refractivity contribution is -0.136. The summed E-state index contributed by atoms with van der Waals surface area (Å²) in [6, 6.07) is 0.871. The number of nitrogens with zero attached hydrogens (tertiary/aromatic N) is 2. The average Bonchev–Trinajstić information content (AvgIpc) is 3.24. The van der Waals surface area contributed by atoms with E-state index in [9.17, 15) is 22.8 Å². The topological polar surface area (TPSA) is 91.8 Å². The van der Waals surface area contributed by atoms with E-state index in [0.717, 1.165) is 17.4 Å². The zero-order valence-corrected chi connectivity index (χ0v) is 16.2. The maximum Gasteiger partial charge on any atom is 0.418 e. The number of thiophene rings is 1. The lowest BCUT2D eigenvalue weighted by Gasteiger charge is -2.44. The SMILES string of the molecule is CNC(=O)c1csc2c(C(F)(F)F)cc(OC3CC4(CCN(C(=O)O)C4)C3)nc12. The van der Waals surface area contributed by atoms with Gasteiger partial charge in [-0.2, -0.15) is 13.2 Å². The number of carbonyl (C=O) groups excluding carboxylic acids is 1. The highest BCUT2D eigenvalue weighted by Crippen LogP contribution is 2.50. The number of hydrogen-bond donors (Lipinski definition) is 2. The lowest BCUT2D eigenvalue weighted by atomic mass is 9.66. The van der Waals surface area contributed by atoms with Crippen LogP contribution in [0.3, 0.4) is 0 Å². The molecule has 2 aromatic rings. The first-order valence-electron chi connectivity index (χ1n) is 8.98. The van der Waals surface area contributed by atoms with Crippen LogP contribution in [0.1, 0.15) is 35.2 Å². The Morgan fingerprint density at radius 2 is 2.14 bits per heavy atom. The first kappa shape index (κ1) is 19.7. The molecular formula is C18H18F3N3O4S. The van der Waals surface area contributed by atoms with E-state index in [1.54, 1.807) is 0 Å². The van der Waals surface area contributed by atoms with Gasteiger partial charge in [0.2, 0.25) is 5.88 Å². The van der Waals surface area contributed by atoms with Gasteiger partial charge in [-0.25, -0.2) is 9.78 Å². The molecule has 1 aliphatic heterocycles. The highest BCUT2D eigenvalue weighted by Gasteiger charge is 2.51. The van der Waals surface area contributed by atoms with Gasteiger partial charge in [0.05, 0.1) is 21.3 Å². The molecular weight excluding hydrogens is 411 g/mol. The van der Waals surface area contributed by atoms with Crippen LogP contribution in [0.5, 0.6) is 5.88 Å². The van der Waals surface area contributed by atoms with Crippen molar-refractivity contribution >= 4 is 33.6 Å². The van der Waals surface area contributed by atoms with Crippen LogP contribution in [-0.2, 0) is 6.18 Å². The number of halogens is 3. The van der Waals surface area contributed by atoms with E-state index in [1.165, 1.54) is 17.3 Å². The maximum absolute atomic E-state index is 13.5. The van der Waals surface area contributed by atoms with Crippen molar-refractivity contribution in [2.45, 2.75) is 31.5 Å². The van der Waals surface area contributed by atoms with E-state index >= 15 is 0 Å². The predicted octanol–water partition coefficient (Wildman–Crippen LogP) is 3.59. The molecule has 1 saturated heterocycles. The largest absolute Gasteiger partial charge is 0.474 e. The molecule has 4 rings (SSSR count). The van der Waals surface area contributed by atoms with Crippen LogP contribution in [0.25, 0.3) is 10.2 Å². The second-order valence-corrected chi connectivity index (χ2v) is 8.39. The fourth-order valence-electron chi connectivity index (χ4n) is 4.14. The van der Waals surface area contributed by atoms with E-state index in [4.69, 9.17) is 9.84 Å². The number of rotatable bonds is 3. The molecule has 2 fully saturated rings. The second kappa shape index (κ2) is 6.75. The van der Waals surface area contributed by atoms with Crippen LogP contribution in [0.4, 0.5) is 18.0 Å². The number of pyridine rings is 1. The minimum atomic E-state index is -4.61. The molecule has 2 N–H and O–H groups in total. The van der Waals surface area contributed by atoms with E-state index in [0.29, 0.717) is 32.4 Å². The molecule has 11 heteroatoms. The molecule has 3 heterocycles. The molecule has 156 valence electrons. The Bertz CT molecular complexity index is 985. The fourth-order valence-corrected chi connectivity index (χ4v) is 5.17. The first-order chi connectivity index (χ1) is 13.6. The Balaban J connectivity index is 1.58. The number of aromatic nitrogens is 1. The number of carboxylic acid groups (broad SMARTS) is 1. The Labute approximate surface area is 167 Å². The van der Waals surface area contributed by atoms with Gasteiger partial charge in [0.25, 0.3) is 5.91 Å². The molecule has 0 aromatic carbocycles. The van der Waals surface area contributed by atoms with E-state index in [2.05, 4.69) is 10.3 Å². The molecule has 7 nitrogen and oxygen atoms in total. The maximum atomic E-state index is 13.5. The van der Waals surface area contributed by atoms with E-state index < -0.39 is 23.7 Å². The Morgan fingerprint density at radius 3 is 2.72 bits per heavy atom. The quantitative estimate of drug-likeness (QED) is 0.778. The molecule has 1 saturated carbocycles. The summed E-state index contributed by atoms with van der Waals surface area (Å²) in [5.74, 6) is -0.697. The van der Waals surface area contributed by atoms with Crippen molar-refractivity contribution in [3.8, 4) is 5.88 Å². The molecule has 1 spiro atoms. The van der Waals surface area contributed by atoms with Crippen molar-refractivity contribution in [1.82, 2.24) is 15.2 Å². The second-order valence-electron chi connectivity index (χ2n) is 7.51. The predicted molar refractivity (Wildman–Crippen MR) is 98.3 cm³/mol. The Kier molecular flexibility index (Phi) is 4.60. The summed E-state index contributed by atoms with van der Waals surface area (Å²) in [4.78, 5) is 28.6. The van der Waals surface area contributed by atoms with Crippen LogP contribution < -0.4 is 10.1 Å². The molecule has 2 aliphatic rings. The summed E-state index contributed by atoms with van der Waals surface area (Å²) in [7, 11) is 1.40. The third-order valence-electron chi connectivity index (χ3n) is 5.59. The standard InChI is InChI=1S/C18H18F3N3O4S/c1-22-15(25)10-7-29-14-11(18(19,20)21)4-12(23-13(10)14)28-9-5-17(6-9)2-3-24(8-17)16(26)27/h4,7,9H,2-3,5-6,8H2,1H3,(H,22,25)(H,26,27). The third kappa shape index (κ3) is 3.47. The van der Waals surface area contributed by atoms with Crippen LogP contribution in [0.15, 0.2) is 11.4 Å². The van der Waals surface area contributed by atoms with Crippen molar-refractivity contribution in [2.75, 3.05) is 20.1 Å². The van der Waals surface area contributed by atoms with Gasteiger partial charge in [0, 0.05) is 31.6 Å². The zero-order chi connectivity index (χ0) is 21.0. The number of alkyl halides is 3. The Hall–Kier alpha value is -2.56. The van der Waals surface area contributed by atoms with Gasteiger partial charge < -0.3 is 20.1 Å². The summed E-state index contributed by atoms with van der Waals surface area (Å²) in [6.07, 6.45) is -4.08. The smallest absolute Gasteiger partial charge is 0.418 e. The normalized spacial score (nSPS) is 24.0. The van der Waals surface area contributed by atoms with Crippen LogP contribution in [0, 0.1) is 5.41 Å². The summed E-state index contributed by atoms with van der Waals surface area (Å²) in [5, 5.41) is 12.8. The fraction of sp³-hybridized carbons (Fsp3) is 0.500. The summed E-state index contributed by atoms with van der Waals surface area (Å²) >= 11 is 0.817. The third-order valence-corrected chi connectivity index (χ3v) is 6.60. The molecule has 2 amide bonds. The summed E-state index contributed by atoms with van der Waals surface area (Å²) < 4.78 is 46.2. The highest BCUT2D eigenvalue weighted by atomic mass is 32.1. The molecule has 0 bridgehead atoms. The zero-order valence-electron chi connectivity index (χ0n) is 15.4. The summed E-state index contributed by atoms with van der Waals surface area (Å²) in [6.45, 7) is 0.864. The molecule has 0 atom stereocenters. The number of nitrogens with one attached hydrogen (secondary N) is 1. The molecule has 0 unspecified atom stereocenters. The van der Waals surface area contributed by atoms with Gasteiger partial charge in [0.1, 0.15) is 6.10 Å².